The Labute approximate surface area is 169 Å². The fourth-order valence-corrected chi connectivity index (χ4v) is 2.81. The Morgan fingerprint density at radius 3 is 2.31 bits per heavy atom. The number of nitrogens with zero attached hydrogens (tertiary/aromatic N) is 2. The van der Waals surface area contributed by atoms with Gasteiger partial charge in [-0.05, 0) is 49.2 Å². The highest BCUT2D eigenvalue weighted by Crippen LogP contribution is 2.18. The van der Waals surface area contributed by atoms with E-state index in [1.165, 1.54) is 6.92 Å². The molecule has 29 heavy (non-hydrogen) atoms. The summed E-state index contributed by atoms with van der Waals surface area (Å²) in [6.45, 7) is 5.64. The number of hydrogen-bond acceptors (Lipinski definition) is 5. The van der Waals surface area contributed by atoms with Crippen LogP contribution in [0.15, 0.2) is 54.6 Å². The van der Waals surface area contributed by atoms with Crippen LogP contribution in [0.25, 0.3) is 0 Å². The Morgan fingerprint density at radius 2 is 1.62 bits per heavy atom. The molecule has 0 fully saturated rings. The van der Waals surface area contributed by atoms with E-state index in [-0.39, 0.29) is 11.8 Å². The molecule has 0 radical (unpaired) electrons. The third kappa shape index (κ3) is 5.62. The number of aryl methyl sites for hydroxylation is 2. The predicted molar refractivity (Wildman–Crippen MR) is 113 cm³/mol. The fourth-order valence-electron chi connectivity index (χ4n) is 2.81. The molecule has 0 bridgehead atoms. The molecule has 148 valence electrons. The largest absolute Gasteiger partial charge is 0.347 e. The van der Waals surface area contributed by atoms with Crippen LogP contribution in [0.5, 0.6) is 0 Å². The molecule has 0 spiro atoms. The molecule has 0 aliphatic heterocycles. The molecule has 0 unspecified atom stereocenters. The maximum absolute atomic E-state index is 12.6. The summed E-state index contributed by atoms with van der Waals surface area (Å²) in [6, 6.07) is 16.7. The zero-order chi connectivity index (χ0) is 20.8. The van der Waals surface area contributed by atoms with Crippen LogP contribution in [0.3, 0.4) is 0 Å². The number of hydrogen-bond donors (Lipinski definition) is 3. The third-order valence-electron chi connectivity index (χ3n) is 4.25. The van der Waals surface area contributed by atoms with E-state index in [0.717, 1.165) is 16.8 Å². The van der Waals surface area contributed by atoms with Gasteiger partial charge in [0.25, 0.3) is 5.91 Å². The first-order valence-electron chi connectivity index (χ1n) is 9.24. The number of carbonyl (C=O) groups excluding carboxylic acids is 2. The van der Waals surface area contributed by atoms with Crippen molar-refractivity contribution in [2.24, 2.45) is 0 Å². The van der Waals surface area contributed by atoms with Gasteiger partial charge in [0.2, 0.25) is 5.91 Å². The van der Waals surface area contributed by atoms with Crippen LogP contribution in [0.4, 0.5) is 17.2 Å². The van der Waals surface area contributed by atoms with Gasteiger partial charge in [-0.15, -0.1) is 0 Å². The maximum atomic E-state index is 12.6. The van der Waals surface area contributed by atoms with Crippen LogP contribution in [-0.4, -0.2) is 21.8 Å². The highest BCUT2D eigenvalue weighted by molar-refractivity contribution is 5.93. The molecule has 0 atom stereocenters. The second-order valence-corrected chi connectivity index (χ2v) is 6.68. The standard InChI is InChI=1S/C22H23N5O2/c1-14-6-4-5-7-17(14)13-23-22(29)20-12-21(25-15(2)24-20)27-19-10-8-18(9-11-19)26-16(3)28/h4-12H,13H2,1-3H3,(H,23,29)(H,26,28)(H,24,25,27). The van der Waals surface area contributed by atoms with Crippen LogP contribution in [0.2, 0.25) is 0 Å². The van der Waals surface area contributed by atoms with Crippen molar-refractivity contribution in [2.45, 2.75) is 27.3 Å². The van der Waals surface area contributed by atoms with Crippen molar-refractivity contribution in [3.8, 4) is 0 Å². The molecule has 0 saturated heterocycles. The van der Waals surface area contributed by atoms with Crippen molar-refractivity contribution in [3.05, 3.63) is 77.2 Å². The van der Waals surface area contributed by atoms with Gasteiger partial charge in [-0.3, -0.25) is 9.59 Å². The number of anilines is 3. The molecule has 7 heteroatoms. The van der Waals surface area contributed by atoms with Gasteiger partial charge in [0.1, 0.15) is 17.3 Å². The van der Waals surface area contributed by atoms with E-state index in [2.05, 4.69) is 25.9 Å². The minimum atomic E-state index is -0.261. The van der Waals surface area contributed by atoms with Gasteiger partial charge in [0.05, 0.1) is 0 Å². The first kappa shape index (κ1) is 20.0. The summed E-state index contributed by atoms with van der Waals surface area (Å²) in [4.78, 5) is 32.3. The molecule has 0 aliphatic rings. The van der Waals surface area contributed by atoms with Crippen LogP contribution in [0, 0.1) is 13.8 Å². The summed E-state index contributed by atoms with van der Waals surface area (Å²) < 4.78 is 0. The number of carbonyl (C=O) groups is 2. The highest BCUT2D eigenvalue weighted by atomic mass is 16.2. The minimum absolute atomic E-state index is 0.126. The maximum Gasteiger partial charge on any atom is 0.270 e. The predicted octanol–water partition coefficient (Wildman–Crippen LogP) is 3.73. The van der Waals surface area contributed by atoms with E-state index >= 15 is 0 Å². The molecule has 3 N–H and O–H groups in total. The quantitative estimate of drug-likeness (QED) is 0.597. The van der Waals surface area contributed by atoms with Gasteiger partial charge < -0.3 is 16.0 Å². The van der Waals surface area contributed by atoms with Crippen LogP contribution >= 0.6 is 0 Å². The molecule has 7 nitrogen and oxygen atoms in total. The van der Waals surface area contributed by atoms with E-state index in [1.54, 1.807) is 25.1 Å². The monoisotopic (exact) mass is 389 g/mol. The highest BCUT2D eigenvalue weighted by Gasteiger charge is 2.11. The lowest BCUT2D eigenvalue weighted by Crippen LogP contribution is -2.24. The molecule has 2 amide bonds. The van der Waals surface area contributed by atoms with Gasteiger partial charge in [0.15, 0.2) is 0 Å². The number of nitrogens with one attached hydrogen (secondary N) is 3. The van der Waals surface area contributed by atoms with E-state index in [9.17, 15) is 9.59 Å². The number of amides is 2. The zero-order valence-electron chi connectivity index (χ0n) is 16.6. The molecule has 1 heterocycles. The van der Waals surface area contributed by atoms with Crippen molar-refractivity contribution in [2.75, 3.05) is 10.6 Å². The summed E-state index contributed by atoms with van der Waals surface area (Å²) in [5.41, 5.74) is 3.96. The second-order valence-electron chi connectivity index (χ2n) is 6.68. The molecule has 0 saturated carbocycles. The van der Waals surface area contributed by atoms with Gasteiger partial charge in [0, 0.05) is 30.9 Å². The molecule has 1 aromatic heterocycles. The topological polar surface area (TPSA) is 96.0 Å². The fraction of sp³-hybridized carbons (Fsp3) is 0.182. The number of benzene rings is 2. The Hall–Kier alpha value is -3.74. The summed E-state index contributed by atoms with van der Waals surface area (Å²) >= 11 is 0. The Bertz CT molecular complexity index is 1030. The number of aromatic nitrogens is 2. The smallest absolute Gasteiger partial charge is 0.270 e. The van der Waals surface area contributed by atoms with Crippen molar-refractivity contribution in [3.63, 3.8) is 0 Å². The van der Waals surface area contributed by atoms with E-state index in [4.69, 9.17) is 0 Å². The van der Waals surface area contributed by atoms with Gasteiger partial charge >= 0.3 is 0 Å². The average molecular weight is 389 g/mol. The first-order chi connectivity index (χ1) is 13.9. The number of rotatable bonds is 6. The lowest BCUT2D eigenvalue weighted by Gasteiger charge is -2.11. The lowest BCUT2D eigenvalue weighted by atomic mass is 10.1. The summed E-state index contributed by atoms with van der Waals surface area (Å²) in [5, 5.41) is 8.78. The van der Waals surface area contributed by atoms with Crippen molar-refractivity contribution in [1.82, 2.24) is 15.3 Å². The molecule has 0 aliphatic carbocycles. The molecular weight excluding hydrogens is 366 g/mol. The molecule has 3 rings (SSSR count). The zero-order valence-corrected chi connectivity index (χ0v) is 16.6. The van der Waals surface area contributed by atoms with E-state index in [1.807, 2.05) is 43.3 Å². The van der Waals surface area contributed by atoms with Crippen molar-refractivity contribution in [1.29, 1.82) is 0 Å². The van der Waals surface area contributed by atoms with Gasteiger partial charge in [-0.1, -0.05) is 24.3 Å². The summed E-state index contributed by atoms with van der Waals surface area (Å²) in [7, 11) is 0. The normalized spacial score (nSPS) is 10.3. The van der Waals surface area contributed by atoms with Gasteiger partial charge in [-0.25, -0.2) is 9.97 Å². The first-order valence-corrected chi connectivity index (χ1v) is 9.24. The van der Waals surface area contributed by atoms with E-state index in [0.29, 0.717) is 29.6 Å². The Kier molecular flexibility index (Phi) is 6.19. The van der Waals surface area contributed by atoms with Crippen molar-refractivity contribution >= 4 is 29.0 Å². The molecule has 3 aromatic rings. The average Bonchev–Trinajstić information content (AvgIpc) is 2.68. The molecular formula is C22H23N5O2. The summed E-state index contributed by atoms with van der Waals surface area (Å²) in [6.07, 6.45) is 0. The van der Waals surface area contributed by atoms with E-state index < -0.39 is 0 Å². The lowest BCUT2D eigenvalue weighted by molar-refractivity contribution is -0.114. The van der Waals surface area contributed by atoms with Crippen LogP contribution in [-0.2, 0) is 11.3 Å². The van der Waals surface area contributed by atoms with Crippen LogP contribution < -0.4 is 16.0 Å². The SMILES string of the molecule is CC(=O)Nc1ccc(Nc2cc(C(=O)NCc3ccccc3C)nc(C)n2)cc1. The minimum Gasteiger partial charge on any atom is -0.347 e. The van der Waals surface area contributed by atoms with Crippen molar-refractivity contribution < 1.29 is 9.59 Å². The Morgan fingerprint density at radius 1 is 0.931 bits per heavy atom. The summed E-state index contributed by atoms with van der Waals surface area (Å²) in [5.74, 6) is 0.623. The van der Waals surface area contributed by atoms with Gasteiger partial charge in [-0.2, -0.15) is 0 Å². The Balaban J connectivity index is 1.69. The molecule has 2 aromatic carbocycles. The van der Waals surface area contributed by atoms with Crippen LogP contribution in [0.1, 0.15) is 34.4 Å². The third-order valence-corrected chi connectivity index (χ3v) is 4.25. The second kappa shape index (κ2) is 8.97.